The van der Waals surface area contributed by atoms with Crippen LogP contribution in [0.5, 0.6) is 0 Å². The molecule has 3 rings (SSSR count). The highest BCUT2D eigenvalue weighted by molar-refractivity contribution is 8.00. The van der Waals surface area contributed by atoms with Crippen molar-refractivity contribution in [1.82, 2.24) is 4.90 Å². The fraction of sp³-hybridized carbons (Fsp3) is 0.304. The highest BCUT2D eigenvalue weighted by Gasteiger charge is 2.22. The summed E-state index contributed by atoms with van der Waals surface area (Å²) in [7, 11) is 4.28. The molecule has 8 heteroatoms. The molecule has 2 aromatic rings. The zero-order valence-corrected chi connectivity index (χ0v) is 19.8. The van der Waals surface area contributed by atoms with Gasteiger partial charge in [0.2, 0.25) is 0 Å². The van der Waals surface area contributed by atoms with Gasteiger partial charge in [-0.25, -0.2) is 9.59 Å². The molecule has 0 amide bonds. The van der Waals surface area contributed by atoms with Gasteiger partial charge in [0.15, 0.2) is 0 Å². The Kier molecular flexibility index (Phi) is 10.5. The van der Waals surface area contributed by atoms with Crippen LogP contribution >= 0.6 is 35.1 Å². The topological polar surface area (TPSA) is 77.8 Å². The summed E-state index contributed by atoms with van der Waals surface area (Å²) in [6.45, 7) is 1.15. The van der Waals surface area contributed by atoms with Crippen LogP contribution in [0, 0.1) is 0 Å². The molecule has 0 bridgehead atoms. The first-order valence-corrected chi connectivity index (χ1v) is 12.0. The summed E-state index contributed by atoms with van der Waals surface area (Å²) in [5.41, 5.74) is 2.85. The van der Waals surface area contributed by atoms with E-state index in [-0.39, 0.29) is 0 Å². The van der Waals surface area contributed by atoms with Gasteiger partial charge in [-0.1, -0.05) is 41.6 Å². The lowest BCUT2D eigenvalue weighted by molar-refractivity contribution is -0.134. The summed E-state index contributed by atoms with van der Waals surface area (Å²) in [4.78, 5) is 24.1. The predicted octanol–water partition coefficient (Wildman–Crippen LogP) is 5.49. The molecule has 0 aromatic heterocycles. The molecule has 1 aliphatic rings. The first-order chi connectivity index (χ1) is 14.8. The van der Waals surface area contributed by atoms with E-state index in [0.29, 0.717) is 17.4 Å². The van der Waals surface area contributed by atoms with Gasteiger partial charge in [0.05, 0.1) is 0 Å². The van der Waals surface area contributed by atoms with Gasteiger partial charge in [0.25, 0.3) is 0 Å². The molecule has 166 valence electrons. The largest absolute Gasteiger partial charge is 0.478 e. The van der Waals surface area contributed by atoms with E-state index in [4.69, 9.17) is 21.8 Å². The van der Waals surface area contributed by atoms with Gasteiger partial charge >= 0.3 is 11.9 Å². The number of halogens is 1. The second kappa shape index (κ2) is 12.8. The molecule has 0 spiro atoms. The summed E-state index contributed by atoms with van der Waals surface area (Å²) < 4.78 is 0. The second-order valence-electron chi connectivity index (χ2n) is 7.12. The number of hydrogen-bond acceptors (Lipinski definition) is 5. The molecule has 31 heavy (non-hydrogen) atoms. The zero-order valence-electron chi connectivity index (χ0n) is 17.5. The molecular formula is C23H26ClNO4S2. The van der Waals surface area contributed by atoms with Crippen LogP contribution in [0.25, 0.3) is 0 Å². The molecule has 1 heterocycles. The Morgan fingerprint density at radius 3 is 2.45 bits per heavy atom. The number of thioether (sulfide) groups is 1. The average molecular weight is 480 g/mol. The normalized spacial score (nSPS) is 14.9. The maximum atomic E-state index is 9.55. The minimum Gasteiger partial charge on any atom is -0.478 e. The van der Waals surface area contributed by atoms with Crippen LogP contribution in [0.15, 0.2) is 64.4 Å². The van der Waals surface area contributed by atoms with Crippen LogP contribution in [0.2, 0.25) is 5.02 Å². The molecule has 5 nitrogen and oxygen atoms in total. The SMILES string of the molecule is CN(C)CCCSC1Cc2cc(Cl)ccc2Sc2ccccc21.O=C(O)/C=C\C(=O)O. The van der Waals surface area contributed by atoms with Gasteiger partial charge in [-0.05, 0) is 74.6 Å². The smallest absolute Gasteiger partial charge is 0.328 e. The van der Waals surface area contributed by atoms with Crippen molar-refractivity contribution in [3.63, 3.8) is 0 Å². The van der Waals surface area contributed by atoms with Crippen LogP contribution in [-0.2, 0) is 16.0 Å². The maximum Gasteiger partial charge on any atom is 0.328 e. The van der Waals surface area contributed by atoms with Crippen molar-refractivity contribution in [1.29, 1.82) is 0 Å². The van der Waals surface area contributed by atoms with E-state index in [2.05, 4.69) is 67.2 Å². The fourth-order valence-corrected chi connectivity index (χ4v) is 5.63. The van der Waals surface area contributed by atoms with E-state index < -0.39 is 11.9 Å². The van der Waals surface area contributed by atoms with Crippen molar-refractivity contribution in [2.24, 2.45) is 0 Å². The predicted molar refractivity (Wildman–Crippen MR) is 129 cm³/mol. The van der Waals surface area contributed by atoms with Gasteiger partial charge in [0, 0.05) is 32.2 Å². The van der Waals surface area contributed by atoms with E-state index in [1.165, 1.54) is 33.1 Å². The number of nitrogens with zero attached hydrogens (tertiary/aromatic N) is 1. The third-order valence-electron chi connectivity index (χ3n) is 4.35. The molecule has 1 aliphatic heterocycles. The van der Waals surface area contributed by atoms with Crippen molar-refractivity contribution in [2.45, 2.75) is 27.9 Å². The van der Waals surface area contributed by atoms with Crippen molar-refractivity contribution >= 4 is 47.1 Å². The van der Waals surface area contributed by atoms with Crippen LogP contribution in [0.4, 0.5) is 0 Å². The molecule has 1 unspecified atom stereocenters. The molecule has 0 saturated carbocycles. The Bertz CT molecular complexity index is 918. The van der Waals surface area contributed by atoms with Crippen LogP contribution < -0.4 is 0 Å². The minimum atomic E-state index is -1.26. The Morgan fingerprint density at radius 2 is 1.81 bits per heavy atom. The summed E-state index contributed by atoms with van der Waals surface area (Å²) in [5.74, 6) is -1.32. The molecule has 1 atom stereocenters. The number of benzene rings is 2. The lowest BCUT2D eigenvalue weighted by Gasteiger charge is -2.18. The molecule has 0 radical (unpaired) electrons. The number of carbonyl (C=O) groups is 2. The first-order valence-electron chi connectivity index (χ1n) is 9.71. The third kappa shape index (κ3) is 8.99. The highest BCUT2D eigenvalue weighted by Crippen LogP contribution is 2.46. The van der Waals surface area contributed by atoms with Crippen molar-refractivity contribution in [2.75, 3.05) is 26.4 Å². The summed E-state index contributed by atoms with van der Waals surface area (Å²) in [6, 6.07) is 15.1. The molecule has 0 aliphatic carbocycles. The van der Waals surface area contributed by atoms with Gasteiger partial charge in [-0.15, -0.1) is 0 Å². The molecule has 0 fully saturated rings. The lowest BCUT2D eigenvalue weighted by Crippen LogP contribution is -2.13. The molecular weight excluding hydrogens is 454 g/mol. The van der Waals surface area contributed by atoms with Gasteiger partial charge in [0.1, 0.15) is 0 Å². The Balaban J connectivity index is 0.000000366. The zero-order chi connectivity index (χ0) is 22.8. The standard InChI is InChI=1S/C19H22ClNS2.C4H4O4/c1-21(2)10-5-11-22-19-13-14-12-15(20)8-9-17(14)23-18-7-4-3-6-16(18)19;5-3(6)1-2-4(7)8/h3-4,6-9,12,19H,5,10-11,13H2,1-2H3;1-2H,(H,5,6)(H,7,8)/b;2-1-. The van der Waals surface area contributed by atoms with E-state index in [0.717, 1.165) is 18.0 Å². The number of fused-ring (bicyclic) bond motifs is 2. The van der Waals surface area contributed by atoms with Crippen LogP contribution in [0.1, 0.15) is 22.8 Å². The monoisotopic (exact) mass is 479 g/mol. The van der Waals surface area contributed by atoms with Gasteiger partial charge in [-0.3, -0.25) is 0 Å². The maximum absolute atomic E-state index is 9.55. The van der Waals surface area contributed by atoms with E-state index in [1.807, 2.05) is 17.8 Å². The third-order valence-corrected chi connectivity index (χ3v) is 7.14. The Morgan fingerprint density at radius 1 is 1.13 bits per heavy atom. The second-order valence-corrected chi connectivity index (χ2v) is 9.95. The lowest BCUT2D eigenvalue weighted by atomic mass is 10.0. The highest BCUT2D eigenvalue weighted by atomic mass is 35.5. The number of carboxylic acid groups (broad SMARTS) is 2. The molecule has 2 aromatic carbocycles. The summed E-state index contributed by atoms with van der Waals surface area (Å²) in [6.07, 6.45) is 3.41. The van der Waals surface area contributed by atoms with E-state index in [1.54, 1.807) is 0 Å². The Labute approximate surface area is 196 Å². The Hall–Kier alpha value is -1.93. The summed E-state index contributed by atoms with van der Waals surface area (Å²) in [5, 5.41) is 17.0. The minimum absolute atomic E-state index is 0.514. The summed E-state index contributed by atoms with van der Waals surface area (Å²) >= 11 is 10.2. The number of aliphatic carboxylic acids is 2. The number of carboxylic acids is 2. The van der Waals surface area contributed by atoms with Crippen LogP contribution in [-0.4, -0.2) is 53.4 Å². The van der Waals surface area contributed by atoms with E-state index in [9.17, 15) is 9.59 Å². The first kappa shape index (κ1) is 25.3. The number of rotatable bonds is 7. The van der Waals surface area contributed by atoms with Crippen molar-refractivity contribution < 1.29 is 19.8 Å². The van der Waals surface area contributed by atoms with Gasteiger partial charge < -0.3 is 15.1 Å². The fourth-order valence-electron chi connectivity index (χ4n) is 2.97. The van der Waals surface area contributed by atoms with Crippen molar-refractivity contribution in [3.05, 3.63) is 70.8 Å². The quantitative estimate of drug-likeness (QED) is 0.401. The average Bonchev–Trinajstić information content (AvgIpc) is 2.86. The molecule has 0 saturated heterocycles. The van der Waals surface area contributed by atoms with E-state index >= 15 is 0 Å². The number of hydrogen-bond donors (Lipinski definition) is 2. The molecule has 2 N–H and O–H groups in total. The van der Waals surface area contributed by atoms with Gasteiger partial charge in [-0.2, -0.15) is 11.8 Å². The van der Waals surface area contributed by atoms with Crippen molar-refractivity contribution in [3.8, 4) is 0 Å². The van der Waals surface area contributed by atoms with Crippen LogP contribution in [0.3, 0.4) is 0 Å².